The molecule has 0 spiro atoms. The molecule has 0 bridgehead atoms. The molecule has 1 unspecified atom stereocenters. The molecule has 0 saturated carbocycles. The van der Waals surface area contributed by atoms with Gasteiger partial charge in [-0.15, -0.1) is 11.3 Å². The number of nitrogens with one attached hydrogen (secondary N) is 2. The van der Waals surface area contributed by atoms with E-state index in [2.05, 4.69) is 39.4 Å². The van der Waals surface area contributed by atoms with E-state index in [4.69, 9.17) is 0 Å². The van der Waals surface area contributed by atoms with Gasteiger partial charge in [-0.25, -0.2) is 9.97 Å². The third-order valence-electron chi connectivity index (χ3n) is 2.56. The molecule has 2 rings (SSSR count). The van der Waals surface area contributed by atoms with E-state index in [0.717, 1.165) is 16.4 Å². The number of hydrogen-bond donors (Lipinski definition) is 2. The van der Waals surface area contributed by atoms with E-state index in [1.807, 2.05) is 20.2 Å². The standard InChI is InChI=1S/C12H17N5S/c1-7-5-15-12(13-4)17-10(7)16-9(3)11-14-6-8(2)18-11/h5-6,9H,1-4H3,(H2,13,15,16,17). The fraction of sp³-hybridized carbons (Fsp3) is 0.417. The quantitative estimate of drug-likeness (QED) is 0.888. The molecule has 2 N–H and O–H groups in total. The number of rotatable bonds is 4. The molecule has 0 aliphatic rings. The second-order valence-corrected chi connectivity index (χ2v) is 5.42. The maximum Gasteiger partial charge on any atom is 0.224 e. The first-order valence-electron chi connectivity index (χ1n) is 5.80. The number of aryl methyl sites for hydroxylation is 2. The maximum absolute atomic E-state index is 4.41. The summed E-state index contributed by atoms with van der Waals surface area (Å²) in [5, 5.41) is 7.37. The van der Waals surface area contributed by atoms with Crippen LogP contribution in [-0.2, 0) is 0 Å². The van der Waals surface area contributed by atoms with Gasteiger partial charge in [0, 0.05) is 29.9 Å². The summed E-state index contributed by atoms with van der Waals surface area (Å²) in [7, 11) is 1.81. The van der Waals surface area contributed by atoms with Gasteiger partial charge in [0.1, 0.15) is 10.8 Å². The lowest BCUT2D eigenvalue weighted by Gasteiger charge is -2.14. The fourth-order valence-corrected chi connectivity index (χ4v) is 2.32. The average Bonchev–Trinajstić information content (AvgIpc) is 2.79. The Hall–Kier alpha value is -1.69. The third-order valence-corrected chi connectivity index (χ3v) is 3.65. The lowest BCUT2D eigenvalue weighted by molar-refractivity contribution is 0.855. The molecule has 18 heavy (non-hydrogen) atoms. The van der Waals surface area contributed by atoms with Gasteiger partial charge in [-0.1, -0.05) is 0 Å². The molecule has 0 radical (unpaired) electrons. The van der Waals surface area contributed by atoms with Gasteiger partial charge in [-0.05, 0) is 20.8 Å². The largest absolute Gasteiger partial charge is 0.361 e. The van der Waals surface area contributed by atoms with Crippen molar-refractivity contribution in [2.75, 3.05) is 17.7 Å². The zero-order valence-corrected chi connectivity index (χ0v) is 11.8. The predicted molar refractivity (Wildman–Crippen MR) is 75.2 cm³/mol. The van der Waals surface area contributed by atoms with Gasteiger partial charge in [-0.3, -0.25) is 0 Å². The fourth-order valence-electron chi connectivity index (χ4n) is 1.55. The van der Waals surface area contributed by atoms with Crippen molar-refractivity contribution in [3.8, 4) is 0 Å². The molecule has 0 amide bonds. The molecule has 6 heteroatoms. The van der Waals surface area contributed by atoms with Crippen LogP contribution in [0.5, 0.6) is 0 Å². The monoisotopic (exact) mass is 263 g/mol. The third kappa shape index (κ3) is 2.76. The molecular formula is C12H17N5S. The summed E-state index contributed by atoms with van der Waals surface area (Å²) in [6.07, 6.45) is 3.70. The van der Waals surface area contributed by atoms with E-state index < -0.39 is 0 Å². The van der Waals surface area contributed by atoms with Crippen LogP contribution in [0, 0.1) is 13.8 Å². The van der Waals surface area contributed by atoms with Crippen LogP contribution in [0.1, 0.15) is 28.4 Å². The summed E-state index contributed by atoms with van der Waals surface area (Å²) in [5.74, 6) is 1.46. The van der Waals surface area contributed by atoms with Gasteiger partial charge >= 0.3 is 0 Å². The second kappa shape index (κ2) is 5.30. The summed E-state index contributed by atoms with van der Waals surface area (Å²) in [5.41, 5.74) is 1.02. The van der Waals surface area contributed by atoms with E-state index in [1.54, 1.807) is 17.5 Å². The molecule has 0 saturated heterocycles. The zero-order valence-electron chi connectivity index (χ0n) is 11.0. The van der Waals surface area contributed by atoms with Crippen LogP contribution in [0.4, 0.5) is 11.8 Å². The summed E-state index contributed by atoms with van der Waals surface area (Å²) in [4.78, 5) is 14.2. The predicted octanol–water partition coefficient (Wildman–Crippen LogP) is 2.76. The number of hydrogen-bond acceptors (Lipinski definition) is 6. The van der Waals surface area contributed by atoms with E-state index >= 15 is 0 Å². The summed E-state index contributed by atoms with van der Waals surface area (Å²) >= 11 is 1.70. The second-order valence-electron chi connectivity index (χ2n) is 4.15. The Morgan fingerprint density at radius 2 is 2.00 bits per heavy atom. The number of thiazole rings is 1. The molecule has 0 aromatic carbocycles. The molecule has 96 valence electrons. The Balaban J connectivity index is 2.18. The Labute approximate surface area is 111 Å². The van der Waals surface area contributed by atoms with Gasteiger partial charge < -0.3 is 10.6 Å². The topological polar surface area (TPSA) is 62.7 Å². The summed E-state index contributed by atoms with van der Waals surface area (Å²) < 4.78 is 0. The Bertz CT molecular complexity index is 537. The molecule has 2 aromatic heterocycles. The van der Waals surface area contributed by atoms with Crippen molar-refractivity contribution < 1.29 is 0 Å². The van der Waals surface area contributed by atoms with Gasteiger partial charge in [0.05, 0.1) is 6.04 Å². The number of nitrogens with zero attached hydrogens (tertiary/aromatic N) is 3. The SMILES string of the molecule is CNc1ncc(C)c(NC(C)c2ncc(C)s2)n1. The molecule has 0 aliphatic heterocycles. The van der Waals surface area contributed by atoms with E-state index in [9.17, 15) is 0 Å². The van der Waals surface area contributed by atoms with Crippen LogP contribution in [0.25, 0.3) is 0 Å². The highest BCUT2D eigenvalue weighted by Crippen LogP contribution is 2.24. The Morgan fingerprint density at radius 3 is 2.61 bits per heavy atom. The van der Waals surface area contributed by atoms with Crippen LogP contribution in [0.3, 0.4) is 0 Å². The highest BCUT2D eigenvalue weighted by Gasteiger charge is 2.12. The van der Waals surface area contributed by atoms with Crippen molar-refractivity contribution in [1.29, 1.82) is 0 Å². The van der Waals surface area contributed by atoms with Crippen LogP contribution < -0.4 is 10.6 Å². The molecule has 0 aliphatic carbocycles. The maximum atomic E-state index is 4.41. The van der Waals surface area contributed by atoms with Crippen LogP contribution in [-0.4, -0.2) is 22.0 Å². The van der Waals surface area contributed by atoms with Crippen LogP contribution in [0.15, 0.2) is 12.4 Å². The Kier molecular flexibility index (Phi) is 3.76. The molecule has 0 fully saturated rings. The molecule has 5 nitrogen and oxygen atoms in total. The van der Waals surface area contributed by atoms with Crippen molar-refractivity contribution in [2.24, 2.45) is 0 Å². The highest BCUT2D eigenvalue weighted by atomic mass is 32.1. The Morgan fingerprint density at radius 1 is 1.22 bits per heavy atom. The minimum atomic E-state index is 0.141. The summed E-state index contributed by atoms with van der Waals surface area (Å²) in [6.45, 7) is 6.13. The van der Waals surface area contributed by atoms with Crippen molar-refractivity contribution in [2.45, 2.75) is 26.8 Å². The first kappa shape index (κ1) is 12.8. The minimum absolute atomic E-state index is 0.141. The van der Waals surface area contributed by atoms with Crippen molar-refractivity contribution in [3.63, 3.8) is 0 Å². The van der Waals surface area contributed by atoms with Crippen molar-refractivity contribution in [3.05, 3.63) is 27.8 Å². The van der Waals surface area contributed by atoms with E-state index in [0.29, 0.717) is 5.95 Å². The van der Waals surface area contributed by atoms with Crippen LogP contribution >= 0.6 is 11.3 Å². The van der Waals surface area contributed by atoms with Crippen LogP contribution in [0.2, 0.25) is 0 Å². The molecule has 2 heterocycles. The summed E-state index contributed by atoms with van der Waals surface area (Å²) in [6, 6.07) is 0.141. The lowest BCUT2D eigenvalue weighted by atomic mass is 10.3. The average molecular weight is 263 g/mol. The van der Waals surface area contributed by atoms with Gasteiger partial charge in [0.2, 0.25) is 5.95 Å². The van der Waals surface area contributed by atoms with E-state index in [1.165, 1.54) is 4.88 Å². The first-order chi connectivity index (χ1) is 8.60. The lowest BCUT2D eigenvalue weighted by Crippen LogP contribution is -2.10. The van der Waals surface area contributed by atoms with Gasteiger partial charge in [0.15, 0.2) is 0 Å². The highest BCUT2D eigenvalue weighted by molar-refractivity contribution is 7.11. The van der Waals surface area contributed by atoms with E-state index in [-0.39, 0.29) is 6.04 Å². The normalized spacial score (nSPS) is 12.2. The number of anilines is 2. The molecule has 2 aromatic rings. The van der Waals surface area contributed by atoms with Gasteiger partial charge in [-0.2, -0.15) is 4.98 Å². The molecule has 1 atom stereocenters. The molecular weight excluding hydrogens is 246 g/mol. The number of aromatic nitrogens is 3. The smallest absolute Gasteiger partial charge is 0.224 e. The van der Waals surface area contributed by atoms with Crippen molar-refractivity contribution >= 4 is 23.1 Å². The first-order valence-corrected chi connectivity index (χ1v) is 6.62. The van der Waals surface area contributed by atoms with Crippen molar-refractivity contribution in [1.82, 2.24) is 15.0 Å². The zero-order chi connectivity index (χ0) is 13.1. The van der Waals surface area contributed by atoms with Gasteiger partial charge in [0.25, 0.3) is 0 Å². The minimum Gasteiger partial charge on any atom is -0.361 e.